The minimum Gasteiger partial charge on any atom is -0.480 e. The molecule has 0 spiro atoms. The van der Waals surface area contributed by atoms with Crippen LogP contribution in [0.1, 0.15) is 19.8 Å². The molecule has 0 saturated heterocycles. The summed E-state index contributed by atoms with van der Waals surface area (Å²) in [5.74, 6) is -1.83. The third kappa shape index (κ3) is 5.52. The van der Waals surface area contributed by atoms with Crippen LogP contribution in [0.5, 0.6) is 0 Å². The average molecular weight is 314 g/mol. The van der Waals surface area contributed by atoms with E-state index >= 15 is 0 Å². The van der Waals surface area contributed by atoms with Gasteiger partial charge in [0.25, 0.3) is 0 Å². The van der Waals surface area contributed by atoms with Crippen LogP contribution in [-0.2, 0) is 19.6 Å². The summed E-state index contributed by atoms with van der Waals surface area (Å²) < 4.78 is 25.9. The van der Waals surface area contributed by atoms with Gasteiger partial charge in [-0.25, -0.2) is 17.9 Å². The molecule has 0 radical (unpaired) electrons. The number of rotatable bonds is 8. The quantitative estimate of drug-likeness (QED) is 0.640. The number of sulfonamides is 1. The molecule has 1 amide bonds. The van der Waals surface area contributed by atoms with Crippen LogP contribution in [0.25, 0.3) is 0 Å². The van der Waals surface area contributed by atoms with Gasteiger partial charge in [0.05, 0.1) is 11.4 Å². The van der Waals surface area contributed by atoms with Crippen LogP contribution in [-0.4, -0.2) is 38.0 Å². The molecule has 1 aromatic rings. The average Bonchev–Trinajstić information content (AvgIpc) is 2.45. The second-order valence-electron chi connectivity index (χ2n) is 4.38. The molecular formula is C13H18N2O5S. The Labute approximate surface area is 123 Å². The molecule has 1 aromatic carbocycles. The van der Waals surface area contributed by atoms with Crippen molar-refractivity contribution in [3.05, 3.63) is 30.3 Å². The summed E-state index contributed by atoms with van der Waals surface area (Å²) in [5.41, 5.74) is 0. The van der Waals surface area contributed by atoms with Crippen molar-refractivity contribution in [2.45, 2.75) is 30.7 Å². The fourth-order valence-corrected chi connectivity index (χ4v) is 2.64. The van der Waals surface area contributed by atoms with Crippen LogP contribution >= 0.6 is 0 Å². The summed E-state index contributed by atoms with van der Waals surface area (Å²) >= 11 is 0. The number of nitrogens with one attached hydrogen (secondary N) is 2. The molecule has 3 N–H and O–H groups in total. The van der Waals surface area contributed by atoms with E-state index in [9.17, 15) is 18.0 Å². The third-order valence-electron chi connectivity index (χ3n) is 2.69. The van der Waals surface area contributed by atoms with Crippen molar-refractivity contribution in [1.82, 2.24) is 10.0 Å². The lowest BCUT2D eigenvalue weighted by Crippen LogP contribution is -2.45. The van der Waals surface area contributed by atoms with Crippen molar-refractivity contribution in [2.75, 3.05) is 6.54 Å². The molecule has 0 unspecified atom stereocenters. The number of carbonyl (C=O) groups excluding carboxylic acids is 1. The van der Waals surface area contributed by atoms with E-state index in [1.54, 1.807) is 25.1 Å². The highest BCUT2D eigenvalue weighted by atomic mass is 32.2. The number of carboxylic acids is 1. The van der Waals surface area contributed by atoms with Gasteiger partial charge in [-0.2, -0.15) is 0 Å². The maximum atomic E-state index is 11.9. The van der Waals surface area contributed by atoms with Crippen LogP contribution < -0.4 is 10.0 Å². The molecule has 0 aromatic heterocycles. The van der Waals surface area contributed by atoms with Crippen molar-refractivity contribution < 1.29 is 23.1 Å². The van der Waals surface area contributed by atoms with Crippen molar-refractivity contribution in [1.29, 1.82) is 0 Å². The van der Waals surface area contributed by atoms with E-state index in [-0.39, 0.29) is 11.3 Å². The minimum absolute atomic E-state index is 0.0427. The molecule has 1 rings (SSSR count). The molecule has 0 heterocycles. The van der Waals surface area contributed by atoms with Gasteiger partial charge in [0.1, 0.15) is 6.04 Å². The zero-order valence-electron chi connectivity index (χ0n) is 11.6. The smallest absolute Gasteiger partial charge is 0.326 e. The van der Waals surface area contributed by atoms with E-state index in [1.165, 1.54) is 12.1 Å². The SMILES string of the molecule is CCC[C@H](NC(=O)CNS(=O)(=O)c1ccccc1)C(=O)O. The molecule has 0 fully saturated rings. The van der Waals surface area contributed by atoms with Crippen LogP contribution in [0.3, 0.4) is 0 Å². The Balaban J connectivity index is 2.58. The highest BCUT2D eigenvalue weighted by molar-refractivity contribution is 7.89. The molecule has 116 valence electrons. The lowest BCUT2D eigenvalue weighted by Gasteiger charge is -2.13. The first-order valence-corrected chi connectivity index (χ1v) is 7.92. The van der Waals surface area contributed by atoms with Gasteiger partial charge < -0.3 is 10.4 Å². The summed E-state index contributed by atoms with van der Waals surface area (Å²) in [4.78, 5) is 22.5. The maximum Gasteiger partial charge on any atom is 0.326 e. The van der Waals surface area contributed by atoms with Crippen molar-refractivity contribution in [2.24, 2.45) is 0 Å². The standard InChI is InChI=1S/C13H18N2O5S/c1-2-6-11(13(17)18)15-12(16)9-14-21(19,20)10-7-4-3-5-8-10/h3-5,7-8,11,14H,2,6,9H2,1H3,(H,15,16)(H,17,18)/t11-/m0/s1. The molecule has 0 aliphatic heterocycles. The number of hydrogen-bond donors (Lipinski definition) is 3. The predicted molar refractivity (Wildman–Crippen MR) is 76.1 cm³/mol. The Hall–Kier alpha value is -1.93. The van der Waals surface area contributed by atoms with Gasteiger partial charge in [-0.05, 0) is 18.6 Å². The first-order chi connectivity index (χ1) is 9.86. The number of hydrogen-bond acceptors (Lipinski definition) is 4. The van der Waals surface area contributed by atoms with Gasteiger partial charge in [0, 0.05) is 0 Å². The summed E-state index contributed by atoms with van der Waals surface area (Å²) in [6.45, 7) is 1.28. The first kappa shape index (κ1) is 17.1. The van der Waals surface area contributed by atoms with Gasteiger partial charge in [0.2, 0.25) is 15.9 Å². The predicted octanol–water partition coefficient (Wildman–Crippen LogP) is 0.334. The number of aliphatic carboxylic acids is 1. The summed E-state index contributed by atoms with van der Waals surface area (Å²) in [7, 11) is -3.78. The fourth-order valence-electron chi connectivity index (χ4n) is 1.63. The van der Waals surface area contributed by atoms with E-state index in [1.807, 2.05) is 0 Å². The molecular weight excluding hydrogens is 296 g/mol. The Bertz CT molecular complexity index is 586. The van der Waals surface area contributed by atoms with Gasteiger partial charge >= 0.3 is 5.97 Å². The Morgan fingerprint density at radius 2 is 1.86 bits per heavy atom. The number of amides is 1. The molecule has 7 nitrogen and oxygen atoms in total. The maximum absolute atomic E-state index is 11.9. The van der Waals surface area contributed by atoms with E-state index < -0.39 is 34.5 Å². The zero-order valence-corrected chi connectivity index (χ0v) is 12.4. The van der Waals surface area contributed by atoms with E-state index in [2.05, 4.69) is 10.0 Å². The van der Waals surface area contributed by atoms with Crippen molar-refractivity contribution in [3.63, 3.8) is 0 Å². The van der Waals surface area contributed by atoms with Crippen LogP contribution in [0.15, 0.2) is 35.2 Å². The third-order valence-corrected chi connectivity index (χ3v) is 4.10. The van der Waals surface area contributed by atoms with Crippen molar-refractivity contribution in [3.8, 4) is 0 Å². The first-order valence-electron chi connectivity index (χ1n) is 6.43. The topological polar surface area (TPSA) is 113 Å². The molecule has 0 saturated carbocycles. The largest absolute Gasteiger partial charge is 0.480 e. The summed E-state index contributed by atoms with van der Waals surface area (Å²) in [6.07, 6.45) is 0.875. The van der Waals surface area contributed by atoms with Gasteiger partial charge in [0.15, 0.2) is 0 Å². The Morgan fingerprint density at radius 1 is 1.24 bits per heavy atom. The number of carboxylic acid groups (broad SMARTS) is 1. The van der Waals surface area contributed by atoms with E-state index in [0.29, 0.717) is 6.42 Å². The Morgan fingerprint density at radius 3 is 2.38 bits per heavy atom. The highest BCUT2D eigenvalue weighted by Crippen LogP contribution is 2.06. The molecule has 1 atom stereocenters. The molecule has 0 aliphatic carbocycles. The summed E-state index contributed by atoms with van der Waals surface area (Å²) in [5, 5.41) is 11.2. The van der Waals surface area contributed by atoms with Gasteiger partial charge in [-0.3, -0.25) is 4.79 Å². The second kappa shape index (κ2) is 7.75. The highest BCUT2D eigenvalue weighted by Gasteiger charge is 2.20. The van der Waals surface area contributed by atoms with E-state index in [0.717, 1.165) is 0 Å². The zero-order chi connectivity index (χ0) is 15.9. The normalized spacial score (nSPS) is 12.6. The lowest BCUT2D eigenvalue weighted by molar-refractivity contribution is -0.141. The van der Waals surface area contributed by atoms with E-state index in [4.69, 9.17) is 5.11 Å². The monoisotopic (exact) mass is 314 g/mol. The number of benzene rings is 1. The fraction of sp³-hybridized carbons (Fsp3) is 0.385. The van der Waals surface area contributed by atoms with Crippen molar-refractivity contribution >= 4 is 21.9 Å². The second-order valence-corrected chi connectivity index (χ2v) is 6.15. The van der Waals surface area contributed by atoms with Gasteiger partial charge in [-0.15, -0.1) is 0 Å². The summed E-state index contributed by atoms with van der Waals surface area (Å²) in [6, 6.07) is 6.60. The van der Waals surface area contributed by atoms with Crippen LogP contribution in [0.2, 0.25) is 0 Å². The lowest BCUT2D eigenvalue weighted by atomic mass is 10.2. The molecule has 8 heteroatoms. The molecule has 0 bridgehead atoms. The minimum atomic E-state index is -3.78. The molecule has 0 aliphatic rings. The van der Waals surface area contributed by atoms with Gasteiger partial charge in [-0.1, -0.05) is 31.5 Å². The Kier molecular flexibility index (Phi) is 6.32. The molecule has 21 heavy (non-hydrogen) atoms. The van der Waals surface area contributed by atoms with Crippen LogP contribution in [0, 0.1) is 0 Å². The van der Waals surface area contributed by atoms with Crippen LogP contribution in [0.4, 0.5) is 0 Å². The number of carbonyl (C=O) groups is 2.